The van der Waals surface area contributed by atoms with Gasteiger partial charge in [0.25, 0.3) is 0 Å². The van der Waals surface area contributed by atoms with Crippen molar-refractivity contribution in [1.29, 1.82) is 0 Å². The monoisotopic (exact) mass is 151 g/mol. The highest BCUT2D eigenvalue weighted by molar-refractivity contribution is 8.00. The molecule has 0 radical (unpaired) electrons. The van der Waals surface area contributed by atoms with Crippen molar-refractivity contribution < 1.29 is 0 Å². The van der Waals surface area contributed by atoms with Gasteiger partial charge in [0.15, 0.2) is 5.82 Å². The second kappa shape index (κ2) is 2.38. The average Bonchev–Trinajstić information content (AvgIpc) is 2.05. The lowest BCUT2D eigenvalue weighted by molar-refractivity contribution is 1.08. The van der Waals surface area contributed by atoms with E-state index in [1.165, 1.54) is 6.33 Å². The van der Waals surface area contributed by atoms with Crippen molar-refractivity contribution in [3.8, 4) is 0 Å². The molecule has 0 atom stereocenters. The zero-order valence-electron chi connectivity index (χ0n) is 5.19. The zero-order chi connectivity index (χ0) is 6.81. The first-order chi connectivity index (χ1) is 4.97. The Hall–Kier alpha value is -0.900. The molecular weight excluding hydrogens is 146 g/mol. The molecule has 0 spiro atoms. The third-order valence-electron chi connectivity index (χ3n) is 1.19. The van der Waals surface area contributed by atoms with Crippen LogP contribution in [0.25, 0.3) is 0 Å². The van der Waals surface area contributed by atoms with Gasteiger partial charge in [-0.05, 0) is 0 Å². The van der Waals surface area contributed by atoms with Gasteiger partial charge < -0.3 is 0 Å². The summed E-state index contributed by atoms with van der Waals surface area (Å²) in [5.74, 6) is 1.73. The van der Waals surface area contributed by atoms with Crippen molar-refractivity contribution in [3.05, 3.63) is 12.5 Å². The minimum absolute atomic E-state index is 0.797. The fraction of sp³-hybridized carbons (Fsp3) is 0.167. The fourth-order valence-corrected chi connectivity index (χ4v) is 1.46. The molecule has 0 aliphatic carbocycles. The van der Waals surface area contributed by atoms with Gasteiger partial charge in [-0.2, -0.15) is 0 Å². The molecule has 1 aromatic heterocycles. The summed E-state index contributed by atoms with van der Waals surface area (Å²) in [5.41, 5.74) is 0. The summed E-state index contributed by atoms with van der Waals surface area (Å²) < 4.78 is 0. The SMILES string of the molecule is C1=Nc2ncncc2SC1. The smallest absolute Gasteiger partial charge is 0.168 e. The largest absolute Gasteiger partial charge is 0.243 e. The number of hydrogen-bond donors (Lipinski definition) is 0. The lowest BCUT2D eigenvalue weighted by Crippen LogP contribution is -1.90. The topological polar surface area (TPSA) is 38.1 Å². The predicted octanol–water partition coefficient (Wildman–Crippen LogP) is 1.28. The Bertz CT molecular complexity index is 271. The first-order valence-corrected chi connectivity index (χ1v) is 3.91. The molecule has 1 aliphatic heterocycles. The molecule has 50 valence electrons. The van der Waals surface area contributed by atoms with Crippen LogP contribution in [0.5, 0.6) is 0 Å². The molecule has 3 nitrogen and oxygen atoms in total. The van der Waals surface area contributed by atoms with Gasteiger partial charge in [0.1, 0.15) is 6.33 Å². The van der Waals surface area contributed by atoms with Crippen LogP contribution < -0.4 is 0 Å². The van der Waals surface area contributed by atoms with Gasteiger partial charge in [-0.1, -0.05) is 0 Å². The molecule has 0 saturated carbocycles. The Morgan fingerprint density at radius 1 is 1.50 bits per heavy atom. The van der Waals surface area contributed by atoms with E-state index in [0.717, 1.165) is 16.5 Å². The average molecular weight is 151 g/mol. The Morgan fingerprint density at radius 2 is 2.50 bits per heavy atom. The van der Waals surface area contributed by atoms with E-state index in [2.05, 4.69) is 15.0 Å². The van der Waals surface area contributed by atoms with Crippen LogP contribution in [0.15, 0.2) is 22.4 Å². The number of aliphatic imine (C=N–C) groups is 1. The minimum atomic E-state index is 0.797. The van der Waals surface area contributed by atoms with Gasteiger partial charge in [-0.3, -0.25) is 0 Å². The van der Waals surface area contributed by atoms with Crippen LogP contribution in [0, 0.1) is 0 Å². The summed E-state index contributed by atoms with van der Waals surface area (Å²) in [6.45, 7) is 0. The highest BCUT2D eigenvalue weighted by atomic mass is 32.2. The Labute approximate surface area is 62.6 Å². The Kier molecular flexibility index (Phi) is 1.39. The molecule has 0 amide bonds. The van der Waals surface area contributed by atoms with Gasteiger partial charge >= 0.3 is 0 Å². The third kappa shape index (κ3) is 0.903. The Balaban J connectivity index is 2.54. The van der Waals surface area contributed by atoms with Crippen LogP contribution in [0.3, 0.4) is 0 Å². The highest BCUT2D eigenvalue weighted by Crippen LogP contribution is 2.28. The molecule has 1 aromatic rings. The predicted molar refractivity (Wildman–Crippen MR) is 40.9 cm³/mol. The number of hydrogen-bond acceptors (Lipinski definition) is 4. The summed E-state index contributed by atoms with van der Waals surface area (Å²) in [4.78, 5) is 13.1. The maximum absolute atomic E-state index is 4.10. The second-order valence-electron chi connectivity index (χ2n) is 1.83. The van der Waals surface area contributed by atoms with Crippen LogP contribution >= 0.6 is 11.8 Å². The summed E-state index contributed by atoms with van der Waals surface area (Å²) in [6, 6.07) is 0. The molecule has 0 unspecified atom stereocenters. The number of nitrogens with zero attached hydrogens (tertiary/aromatic N) is 3. The van der Waals surface area contributed by atoms with E-state index >= 15 is 0 Å². The summed E-state index contributed by atoms with van der Waals surface area (Å²) in [6.07, 6.45) is 5.17. The lowest BCUT2D eigenvalue weighted by atomic mass is 10.6. The van der Waals surface area contributed by atoms with Crippen LogP contribution in [0.4, 0.5) is 5.82 Å². The van der Waals surface area contributed by atoms with Crippen LogP contribution in [-0.2, 0) is 0 Å². The van der Waals surface area contributed by atoms with E-state index in [4.69, 9.17) is 0 Å². The standard InChI is InChI=1S/C6H5N3S/c1-2-10-5-3-7-4-9-6(5)8-1/h1,3-4H,2H2. The van der Waals surface area contributed by atoms with Gasteiger partial charge in [-0.25, -0.2) is 15.0 Å². The van der Waals surface area contributed by atoms with Crippen molar-refractivity contribution in [2.75, 3.05) is 5.75 Å². The highest BCUT2D eigenvalue weighted by Gasteiger charge is 2.04. The van der Waals surface area contributed by atoms with E-state index < -0.39 is 0 Å². The van der Waals surface area contributed by atoms with Crippen LogP contribution in [0.1, 0.15) is 0 Å². The number of aromatic nitrogens is 2. The van der Waals surface area contributed by atoms with Crippen molar-refractivity contribution in [1.82, 2.24) is 9.97 Å². The van der Waals surface area contributed by atoms with Crippen LogP contribution in [0.2, 0.25) is 0 Å². The lowest BCUT2D eigenvalue weighted by Gasteiger charge is -2.04. The summed E-state index contributed by atoms with van der Waals surface area (Å²) in [5, 5.41) is 0. The molecule has 2 heterocycles. The molecule has 4 heteroatoms. The van der Waals surface area contributed by atoms with Crippen molar-refractivity contribution in [3.63, 3.8) is 0 Å². The van der Waals surface area contributed by atoms with E-state index in [9.17, 15) is 0 Å². The molecule has 2 rings (SSSR count). The van der Waals surface area contributed by atoms with Crippen LogP contribution in [-0.4, -0.2) is 21.9 Å². The maximum atomic E-state index is 4.10. The van der Waals surface area contributed by atoms with Gasteiger partial charge in [-0.15, -0.1) is 11.8 Å². The third-order valence-corrected chi connectivity index (χ3v) is 2.10. The number of rotatable bonds is 0. The van der Waals surface area contributed by atoms with Gasteiger partial charge in [0.05, 0.1) is 4.90 Å². The number of fused-ring (bicyclic) bond motifs is 1. The molecule has 0 aromatic carbocycles. The molecule has 0 bridgehead atoms. The van der Waals surface area contributed by atoms with E-state index in [1.807, 2.05) is 6.21 Å². The Morgan fingerprint density at radius 3 is 3.40 bits per heavy atom. The quantitative estimate of drug-likeness (QED) is 0.560. The minimum Gasteiger partial charge on any atom is -0.243 e. The molecule has 0 saturated heterocycles. The molecule has 1 aliphatic rings. The molecular formula is C6H5N3S. The van der Waals surface area contributed by atoms with E-state index in [0.29, 0.717) is 0 Å². The van der Waals surface area contributed by atoms with Gasteiger partial charge in [0, 0.05) is 18.2 Å². The zero-order valence-corrected chi connectivity index (χ0v) is 6.01. The normalized spacial score (nSPS) is 14.8. The summed E-state index contributed by atoms with van der Waals surface area (Å²) >= 11 is 1.71. The maximum Gasteiger partial charge on any atom is 0.168 e. The van der Waals surface area contributed by atoms with Crippen molar-refractivity contribution in [2.45, 2.75) is 4.90 Å². The van der Waals surface area contributed by atoms with E-state index in [-0.39, 0.29) is 0 Å². The molecule has 0 N–H and O–H groups in total. The first kappa shape index (κ1) is 5.85. The van der Waals surface area contributed by atoms with E-state index in [1.54, 1.807) is 18.0 Å². The fourth-order valence-electron chi connectivity index (χ4n) is 0.760. The first-order valence-electron chi connectivity index (χ1n) is 2.92. The van der Waals surface area contributed by atoms with Gasteiger partial charge in [0.2, 0.25) is 0 Å². The number of thioether (sulfide) groups is 1. The van der Waals surface area contributed by atoms with Crippen molar-refractivity contribution >= 4 is 23.8 Å². The summed E-state index contributed by atoms with van der Waals surface area (Å²) in [7, 11) is 0. The molecule has 0 fully saturated rings. The molecule has 10 heavy (non-hydrogen) atoms. The second-order valence-corrected chi connectivity index (χ2v) is 2.90. The van der Waals surface area contributed by atoms with Crippen molar-refractivity contribution in [2.24, 2.45) is 4.99 Å².